The number of carbonyl (C=O) groups excluding carboxylic acids is 1. The van der Waals surface area contributed by atoms with E-state index in [1.807, 2.05) is 19.1 Å². The maximum atomic E-state index is 12.9. The minimum atomic E-state index is -1.83. The molecule has 1 aromatic heterocycles. The second-order valence-electron chi connectivity index (χ2n) is 5.79. The van der Waals surface area contributed by atoms with Gasteiger partial charge in [0.25, 0.3) is 0 Å². The van der Waals surface area contributed by atoms with Crippen LogP contribution in [-0.2, 0) is 8.59 Å². The summed E-state index contributed by atoms with van der Waals surface area (Å²) in [5.74, 6) is -0.588. The molecule has 0 saturated carbocycles. The van der Waals surface area contributed by atoms with Gasteiger partial charge in [0.1, 0.15) is 11.6 Å². The molecular formula is C19H13Cl3FN3O. The molecule has 0 bridgehead atoms. The molecule has 0 unspecified atom stereocenters. The van der Waals surface area contributed by atoms with E-state index in [1.165, 1.54) is 18.2 Å². The van der Waals surface area contributed by atoms with Crippen LogP contribution in [0.5, 0.6) is 0 Å². The number of hydrogen-bond donors (Lipinski definition) is 1. The van der Waals surface area contributed by atoms with Gasteiger partial charge in [0, 0.05) is 11.5 Å². The van der Waals surface area contributed by atoms with Crippen LogP contribution in [0, 0.1) is 12.7 Å². The van der Waals surface area contributed by atoms with Crippen LogP contribution in [0.4, 0.5) is 10.2 Å². The molecule has 0 fully saturated rings. The lowest BCUT2D eigenvalue weighted by molar-refractivity contribution is -0.111. The van der Waals surface area contributed by atoms with Crippen molar-refractivity contribution in [2.24, 2.45) is 0 Å². The summed E-state index contributed by atoms with van der Waals surface area (Å²) in [5, 5.41) is 3.30. The Balaban J connectivity index is 1.93. The van der Waals surface area contributed by atoms with Gasteiger partial charge in [0.15, 0.2) is 5.82 Å². The van der Waals surface area contributed by atoms with Crippen LogP contribution < -0.4 is 5.32 Å². The van der Waals surface area contributed by atoms with E-state index in [4.69, 9.17) is 34.8 Å². The molecule has 138 valence electrons. The van der Waals surface area contributed by atoms with E-state index < -0.39 is 9.70 Å². The van der Waals surface area contributed by atoms with Crippen LogP contribution in [-0.4, -0.2) is 15.9 Å². The van der Waals surface area contributed by atoms with Gasteiger partial charge in [-0.3, -0.25) is 4.79 Å². The molecule has 0 spiro atoms. The molecule has 1 amide bonds. The Hall–Kier alpha value is -2.21. The molecule has 0 aliphatic rings. The number of alkyl halides is 3. The molecule has 0 saturated heterocycles. The van der Waals surface area contributed by atoms with E-state index in [-0.39, 0.29) is 17.5 Å². The van der Waals surface area contributed by atoms with Crippen molar-refractivity contribution in [2.75, 3.05) is 5.32 Å². The van der Waals surface area contributed by atoms with Gasteiger partial charge in [0.2, 0.25) is 9.70 Å². The van der Waals surface area contributed by atoms with Gasteiger partial charge < -0.3 is 5.32 Å². The fraction of sp³-hybridized carbons (Fsp3) is 0.105. The van der Waals surface area contributed by atoms with E-state index in [0.717, 1.165) is 5.56 Å². The number of halogens is 4. The fourth-order valence-corrected chi connectivity index (χ4v) is 2.62. The standard InChI is InChI=1S/C19H13Cl3FN3O/c1-11-2-8-15-14(10-11)17(26-18(24-15)19(20,21)22)25-16(27)9-5-12-3-6-13(23)7-4-12/h2-10H,1H3,(H,24,25,26,27)/b9-5-. The average Bonchev–Trinajstić information content (AvgIpc) is 2.60. The van der Waals surface area contributed by atoms with Crippen molar-refractivity contribution < 1.29 is 9.18 Å². The number of nitrogens with zero attached hydrogens (tertiary/aromatic N) is 2. The first-order valence-electron chi connectivity index (χ1n) is 7.82. The highest BCUT2D eigenvalue weighted by Gasteiger charge is 2.28. The number of carbonyl (C=O) groups is 1. The van der Waals surface area contributed by atoms with E-state index in [9.17, 15) is 9.18 Å². The van der Waals surface area contributed by atoms with Crippen LogP contribution in [0.3, 0.4) is 0 Å². The van der Waals surface area contributed by atoms with E-state index >= 15 is 0 Å². The van der Waals surface area contributed by atoms with Crippen molar-refractivity contribution in [2.45, 2.75) is 10.7 Å². The van der Waals surface area contributed by atoms with Crippen molar-refractivity contribution in [3.8, 4) is 0 Å². The van der Waals surface area contributed by atoms with Crippen LogP contribution in [0.2, 0.25) is 0 Å². The first-order valence-corrected chi connectivity index (χ1v) is 8.96. The second-order valence-corrected chi connectivity index (χ2v) is 8.07. The lowest BCUT2D eigenvalue weighted by atomic mass is 10.1. The smallest absolute Gasteiger partial charge is 0.250 e. The molecule has 2 aromatic carbocycles. The van der Waals surface area contributed by atoms with Gasteiger partial charge in [-0.05, 0) is 42.8 Å². The predicted octanol–water partition coefficient (Wildman–Crippen LogP) is 5.56. The van der Waals surface area contributed by atoms with E-state index in [0.29, 0.717) is 16.5 Å². The first-order chi connectivity index (χ1) is 12.7. The highest BCUT2D eigenvalue weighted by molar-refractivity contribution is 6.66. The number of nitrogens with one attached hydrogen (secondary N) is 1. The Bertz CT molecular complexity index is 1030. The molecule has 0 aliphatic carbocycles. The SMILES string of the molecule is Cc1ccc2nc(C(Cl)(Cl)Cl)nc(NC(=O)/C=C\c3ccc(F)cc3)c2c1. The Morgan fingerprint density at radius 3 is 2.48 bits per heavy atom. The Morgan fingerprint density at radius 1 is 1.11 bits per heavy atom. The zero-order valence-electron chi connectivity index (χ0n) is 14.0. The normalized spacial score (nSPS) is 11.9. The summed E-state index contributed by atoms with van der Waals surface area (Å²) in [7, 11) is 0. The summed E-state index contributed by atoms with van der Waals surface area (Å²) in [5.41, 5.74) is 2.18. The molecule has 3 rings (SSSR count). The molecule has 3 aromatic rings. The number of rotatable bonds is 3. The highest BCUT2D eigenvalue weighted by atomic mass is 35.6. The molecule has 0 aliphatic heterocycles. The molecule has 8 heteroatoms. The number of benzene rings is 2. The minimum Gasteiger partial charge on any atom is -0.306 e. The average molecular weight is 425 g/mol. The maximum absolute atomic E-state index is 12.9. The van der Waals surface area contributed by atoms with Crippen LogP contribution in [0.1, 0.15) is 17.0 Å². The Labute approximate surface area is 170 Å². The van der Waals surface area contributed by atoms with Crippen LogP contribution in [0.15, 0.2) is 48.5 Å². The number of fused-ring (bicyclic) bond motifs is 1. The number of amides is 1. The zero-order valence-corrected chi connectivity index (χ0v) is 16.3. The predicted molar refractivity (Wildman–Crippen MR) is 108 cm³/mol. The van der Waals surface area contributed by atoms with Crippen molar-refractivity contribution in [3.05, 3.63) is 71.3 Å². The van der Waals surface area contributed by atoms with Gasteiger partial charge in [-0.25, -0.2) is 14.4 Å². The highest BCUT2D eigenvalue weighted by Crippen LogP contribution is 2.37. The topological polar surface area (TPSA) is 54.9 Å². The zero-order chi connectivity index (χ0) is 19.6. The molecule has 0 atom stereocenters. The molecule has 4 nitrogen and oxygen atoms in total. The van der Waals surface area contributed by atoms with Gasteiger partial charge in [-0.1, -0.05) is 58.6 Å². The summed E-state index contributed by atoms with van der Waals surface area (Å²) < 4.78 is 11.1. The Kier molecular flexibility index (Phi) is 5.65. The van der Waals surface area contributed by atoms with Gasteiger partial charge in [-0.15, -0.1) is 0 Å². The molecule has 1 N–H and O–H groups in total. The van der Waals surface area contributed by atoms with E-state index in [2.05, 4.69) is 15.3 Å². The third-order valence-corrected chi connectivity index (χ3v) is 4.15. The maximum Gasteiger partial charge on any atom is 0.250 e. The van der Waals surface area contributed by atoms with Gasteiger partial charge >= 0.3 is 0 Å². The van der Waals surface area contributed by atoms with Gasteiger partial charge in [0.05, 0.1) is 5.52 Å². The summed E-state index contributed by atoms with van der Waals surface area (Å²) in [6.45, 7) is 1.91. The van der Waals surface area contributed by atoms with Crippen molar-refractivity contribution in [3.63, 3.8) is 0 Å². The Morgan fingerprint density at radius 2 is 1.81 bits per heavy atom. The summed E-state index contributed by atoms with van der Waals surface area (Å²) >= 11 is 17.7. The lowest BCUT2D eigenvalue weighted by Crippen LogP contribution is -2.14. The number of aryl methyl sites for hydroxylation is 1. The summed E-state index contributed by atoms with van der Waals surface area (Å²) in [6, 6.07) is 11.2. The molecular weight excluding hydrogens is 412 g/mol. The molecule has 1 heterocycles. The van der Waals surface area contributed by atoms with Crippen molar-refractivity contribution >= 4 is 63.5 Å². The van der Waals surface area contributed by atoms with Crippen molar-refractivity contribution in [1.82, 2.24) is 9.97 Å². The molecule has 0 radical (unpaired) electrons. The van der Waals surface area contributed by atoms with E-state index in [1.54, 1.807) is 24.3 Å². The molecule has 27 heavy (non-hydrogen) atoms. The fourth-order valence-electron chi connectivity index (χ4n) is 2.37. The second kappa shape index (κ2) is 7.80. The van der Waals surface area contributed by atoms with Crippen molar-refractivity contribution in [1.29, 1.82) is 0 Å². The summed E-state index contributed by atoms with van der Waals surface area (Å²) in [4.78, 5) is 20.8. The quantitative estimate of drug-likeness (QED) is 0.442. The number of aromatic nitrogens is 2. The number of anilines is 1. The summed E-state index contributed by atoms with van der Waals surface area (Å²) in [6.07, 6.45) is 2.87. The van der Waals surface area contributed by atoms with Crippen LogP contribution >= 0.6 is 34.8 Å². The minimum absolute atomic E-state index is 0.0401. The van der Waals surface area contributed by atoms with Crippen LogP contribution in [0.25, 0.3) is 17.0 Å². The largest absolute Gasteiger partial charge is 0.306 e. The third kappa shape index (κ3) is 4.95. The lowest BCUT2D eigenvalue weighted by Gasteiger charge is -2.13. The third-order valence-electron chi connectivity index (χ3n) is 3.64. The monoisotopic (exact) mass is 423 g/mol. The first kappa shape index (κ1) is 19.5. The van der Waals surface area contributed by atoms with Gasteiger partial charge in [-0.2, -0.15) is 0 Å². The number of hydrogen-bond acceptors (Lipinski definition) is 3.